The molecule has 9 rings (SSSR count). The Balaban J connectivity index is 1.09. The summed E-state index contributed by atoms with van der Waals surface area (Å²) in [6.07, 6.45) is 0. The summed E-state index contributed by atoms with van der Waals surface area (Å²) in [7, 11) is 0. The van der Waals surface area contributed by atoms with Gasteiger partial charge in [0.1, 0.15) is 22.7 Å². The molecule has 0 spiro atoms. The van der Waals surface area contributed by atoms with E-state index in [2.05, 4.69) is 126 Å². The molecule has 0 aliphatic heterocycles. The molecule has 0 aliphatic rings. The molecule has 222 valence electrons. The second kappa shape index (κ2) is 11.2. The summed E-state index contributed by atoms with van der Waals surface area (Å²) < 4.78 is 12.3. The number of fused-ring (bicyclic) bond motifs is 3. The van der Waals surface area contributed by atoms with E-state index in [0.29, 0.717) is 0 Å². The van der Waals surface area contributed by atoms with E-state index in [1.54, 1.807) is 0 Å². The van der Waals surface area contributed by atoms with Crippen molar-refractivity contribution in [3.63, 3.8) is 0 Å². The number of benzene rings is 6. The highest BCUT2D eigenvalue weighted by molar-refractivity contribution is 5.86. The molecule has 0 unspecified atom stereocenters. The highest BCUT2D eigenvalue weighted by Crippen LogP contribution is 2.38. The third kappa shape index (κ3) is 5.02. The van der Waals surface area contributed by atoms with Crippen molar-refractivity contribution in [1.29, 1.82) is 0 Å². The molecular weight excluding hydrogens is 576 g/mol. The zero-order chi connectivity index (χ0) is 31.2. The fourth-order valence-corrected chi connectivity index (χ4v) is 6.25. The minimum atomic E-state index is 0.853. The van der Waals surface area contributed by atoms with Gasteiger partial charge in [0.05, 0.1) is 11.2 Å². The van der Waals surface area contributed by atoms with Crippen LogP contribution < -0.4 is 4.90 Å². The molecule has 0 saturated carbocycles. The molecule has 47 heavy (non-hydrogen) atoms. The first-order valence-corrected chi connectivity index (χ1v) is 15.7. The molecule has 6 aromatic carbocycles. The summed E-state index contributed by atoms with van der Waals surface area (Å²) in [4.78, 5) is 7.18. The van der Waals surface area contributed by atoms with Gasteiger partial charge in [0.25, 0.3) is 0 Å². The fraction of sp³-hybridized carbons (Fsp3) is 0. The zero-order valence-electron chi connectivity index (χ0n) is 25.4. The van der Waals surface area contributed by atoms with Crippen LogP contribution in [0.1, 0.15) is 0 Å². The number of nitrogens with zero attached hydrogens (tertiary/aromatic N) is 2. The first-order chi connectivity index (χ1) is 23.2. The average molecular weight is 605 g/mol. The number of pyridine rings is 1. The van der Waals surface area contributed by atoms with Gasteiger partial charge >= 0.3 is 0 Å². The minimum absolute atomic E-state index is 0.853. The van der Waals surface area contributed by atoms with Crippen molar-refractivity contribution < 1.29 is 8.83 Å². The van der Waals surface area contributed by atoms with Crippen molar-refractivity contribution in [2.24, 2.45) is 0 Å². The van der Waals surface area contributed by atoms with Gasteiger partial charge in [-0.15, -0.1) is 0 Å². The fourth-order valence-electron chi connectivity index (χ4n) is 6.25. The summed E-state index contributed by atoms with van der Waals surface area (Å²) in [6, 6.07) is 58.5. The number of rotatable bonds is 6. The lowest BCUT2D eigenvalue weighted by Gasteiger charge is -2.26. The van der Waals surface area contributed by atoms with Gasteiger partial charge < -0.3 is 13.7 Å². The van der Waals surface area contributed by atoms with Gasteiger partial charge in [0, 0.05) is 49.9 Å². The standard InChI is InChI=1S/C43H28N2O2/c1-4-10-38-29(7-1)19-26-39(44-38)30-13-20-35(21-14-30)45(36-22-15-31(16-23-36)42-27-33-8-2-5-11-40(33)46-42)37-24-17-32(18-25-37)43-28-34-9-3-6-12-41(34)47-43/h1-28H. The van der Waals surface area contributed by atoms with Crippen molar-refractivity contribution in [2.45, 2.75) is 0 Å². The van der Waals surface area contributed by atoms with E-state index in [9.17, 15) is 0 Å². The number of para-hydroxylation sites is 3. The van der Waals surface area contributed by atoms with Crippen molar-refractivity contribution in [1.82, 2.24) is 4.98 Å². The van der Waals surface area contributed by atoms with E-state index in [1.807, 2.05) is 48.5 Å². The summed E-state index contributed by atoms with van der Waals surface area (Å²) in [5.74, 6) is 1.71. The molecule has 3 aromatic heterocycles. The van der Waals surface area contributed by atoms with Crippen molar-refractivity contribution in [3.8, 4) is 33.9 Å². The van der Waals surface area contributed by atoms with Gasteiger partial charge in [-0.3, -0.25) is 0 Å². The summed E-state index contributed by atoms with van der Waals surface area (Å²) in [5, 5.41) is 3.33. The van der Waals surface area contributed by atoms with E-state index in [1.165, 1.54) is 0 Å². The Hall–Kier alpha value is -6.39. The molecule has 0 aliphatic carbocycles. The van der Waals surface area contributed by atoms with E-state index in [0.717, 1.165) is 83.8 Å². The average Bonchev–Trinajstić information content (AvgIpc) is 3.78. The molecule has 9 aromatic rings. The molecule has 0 bridgehead atoms. The summed E-state index contributed by atoms with van der Waals surface area (Å²) in [6.45, 7) is 0. The van der Waals surface area contributed by atoms with E-state index in [4.69, 9.17) is 13.8 Å². The van der Waals surface area contributed by atoms with Crippen LogP contribution in [0.25, 0.3) is 66.7 Å². The summed E-state index contributed by atoms with van der Waals surface area (Å²) in [5.41, 5.74) is 9.97. The molecule has 0 fully saturated rings. The summed E-state index contributed by atoms with van der Waals surface area (Å²) >= 11 is 0. The third-order valence-electron chi connectivity index (χ3n) is 8.69. The van der Waals surface area contributed by atoms with Crippen LogP contribution in [0.4, 0.5) is 17.1 Å². The quantitative estimate of drug-likeness (QED) is 0.189. The first kappa shape index (κ1) is 27.0. The maximum absolute atomic E-state index is 6.15. The Bertz CT molecular complexity index is 2320. The van der Waals surface area contributed by atoms with Gasteiger partial charge in [-0.1, -0.05) is 72.8 Å². The Morgan fingerprint density at radius 2 is 0.830 bits per heavy atom. The number of aromatic nitrogens is 1. The normalized spacial score (nSPS) is 11.4. The van der Waals surface area contributed by atoms with Crippen LogP contribution >= 0.6 is 0 Å². The third-order valence-corrected chi connectivity index (χ3v) is 8.69. The van der Waals surface area contributed by atoms with Crippen LogP contribution in [0.15, 0.2) is 179 Å². The van der Waals surface area contributed by atoms with E-state index in [-0.39, 0.29) is 0 Å². The Labute approximate surface area is 271 Å². The molecule has 0 radical (unpaired) electrons. The monoisotopic (exact) mass is 604 g/mol. The molecule has 0 saturated heterocycles. The van der Waals surface area contributed by atoms with Crippen molar-refractivity contribution in [3.05, 3.63) is 170 Å². The van der Waals surface area contributed by atoms with Gasteiger partial charge in [-0.25, -0.2) is 4.98 Å². The van der Waals surface area contributed by atoms with Crippen LogP contribution in [0.5, 0.6) is 0 Å². The molecule has 0 amide bonds. The van der Waals surface area contributed by atoms with E-state index < -0.39 is 0 Å². The highest BCUT2D eigenvalue weighted by atomic mass is 16.3. The largest absolute Gasteiger partial charge is 0.456 e. The first-order valence-electron chi connectivity index (χ1n) is 15.7. The predicted octanol–water partition coefficient (Wildman–Crippen LogP) is 12.2. The maximum atomic E-state index is 6.15. The maximum Gasteiger partial charge on any atom is 0.135 e. The number of hydrogen-bond donors (Lipinski definition) is 0. The number of anilines is 3. The SMILES string of the molecule is c1ccc2nc(-c3ccc(N(c4ccc(-c5cc6ccccc6o5)cc4)c4ccc(-c5cc6ccccc6o5)cc4)cc3)ccc2c1. The van der Waals surface area contributed by atoms with Crippen molar-refractivity contribution >= 4 is 49.9 Å². The molecule has 3 heterocycles. The highest BCUT2D eigenvalue weighted by Gasteiger charge is 2.15. The van der Waals surface area contributed by atoms with E-state index >= 15 is 0 Å². The molecule has 0 N–H and O–H groups in total. The smallest absolute Gasteiger partial charge is 0.135 e. The molecule has 4 heteroatoms. The molecule has 4 nitrogen and oxygen atoms in total. The Morgan fingerprint density at radius 1 is 0.383 bits per heavy atom. The van der Waals surface area contributed by atoms with Crippen LogP contribution in [-0.4, -0.2) is 4.98 Å². The topological polar surface area (TPSA) is 42.4 Å². The Morgan fingerprint density at radius 3 is 1.34 bits per heavy atom. The van der Waals surface area contributed by atoms with Crippen LogP contribution in [0, 0.1) is 0 Å². The Kier molecular flexibility index (Phi) is 6.43. The zero-order valence-corrected chi connectivity index (χ0v) is 25.4. The van der Waals surface area contributed by atoms with Crippen molar-refractivity contribution in [2.75, 3.05) is 4.90 Å². The number of furan rings is 2. The molecular formula is C43H28N2O2. The predicted molar refractivity (Wildman–Crippen MR) is 192 cm³/mol. The lowest BCUT2D eigenvalue weighted by molar-refractivity contribution is 0.631. The minimum Gasteiger partial charge on any atom is -0.456 e. The van der Waals surface area contributed by atoms with Gasteiger partial charge in [-0.2, -0.15) is 0 Å². The second-order valence-corrected chi connectivity index (χ2v) is 11.7. The van der Waals surface area contributed by atoms with Gasteiger partial charge in [0.15, 0.2) is 0 Å². The van der Waals surface area contributed by atoms with Crippen LogP contribution in [-0.2, 0) is 0 Å². The molecule has 0 atom stereocenters. The second-order valence-electron chi connectivity index (χ2n) is 11.7. The van der Waals surface area contributed by atoms with Gasteiger partial charge in [0.2, 0.25) is 0 Å². The number of hydrogen-bond acceptors (Lipinski definition) is 4. The van der Waals surface area contributed by atoms with Crippen LogP contribution in [0.3, 0.4) is 0 Å². The van der Waals surface area contributed by atoms with Crippen LogP contribution in [0.2, 0.25) is 0 Å². The lowest BCUT2D eigenvalue weighted by Crippen LogP contribution is -2.09. The lowest BCUT2D eigenvalue weighted by atomic mass is 10.1. The van der Waals surface area contributed by atoms with Gasteiger partial charge in [-0.05, 0) is 97.1 Å².